The van der Waals surface area contributed by atoms with Gasteiger partial charge >= 0.3 is 6.18 Å². The quantitative estimate of drug-likeness (QED) is 0.634. The summed E-state index contributed by atoms with van der Waals surface area (Å²) in [6, 6.07) is 1.76. The van der Waals surface area contributed by atoms with E-state index >= 15 is 0 Å². The Morgan fingerprint density at radius 2 is 1.94 bits per heavy atom. The molecule has 3 aromatic heterocycles. The van der Waals surface area contributed by atoms with Crippen molar-refractivity contribution >= 4 is 28.3 Å². The van der Waals surface area contributed by atoms with E-state index in [0.717, 1.165) is 42.5 Å². The maximum Gasteiger partial charge on any atom is 0.422 e. The van der Waals surface area contributed by atoms with Gasteiger partial charge in [-0.25, -0.2) is 9.50 Å². The molecule has 2 fully saturated rings. The van der Waals surface area contributed by atoms with Gasteiger partial charge in [-0.2, -0.15) is 22.5 Å². The molecule has 2 aliphatic rings. The molecule has 31 heavy (non-hydrogen) atoms. The summed E-state index contributed by atoms with van der Waals surface area (Å²) in [4.78, 5) is 11.3. The van der Waals surface area contributed by atoms with E-state index in [9.17, 15) is 13.2 Å². The second kappa shape index (κ2) is 7.50. The Morgan fingerprint density at radius 3 is 2.58 bits per heavy atom. The van der Waals surface area contributed by atoms with Gasteiger partial charge in [0.1, 0.15) is 5.82 Å². The fraction of sp³-hybridized carbons (Fsp3) is 0.579. The average molecular weight is 453 g/mol. The predicted octanol–water partition coefficient (Wildman–Crippen LogP) is 3.47. The van der Waals surface area contributed by atoms with Crippen molar-refractivity contribution in [3.63, 3.8) is 0 Å². The Balaban J connectivity index is 1.34. The number of rotatable bonds is 5. The molecule has 0 aromatic carbocycles. The summed E-state index contributed by atoms with van der Waals surface area (Å²) in [5, 5.41) is 8.86. The van der Waals surface area contributed by atoms with Crippen LogP contribution < -0.4 is 15.0 Å². The SMILES string of the molecule is Cc1cc(OCC(F)(F)F)c2nc(NC3[C@@H]4CC[C@H]3CN(c3nc(C)ns3)C4)nn2c1. The largest absolute Gasteiger partial charge is 0.480 e. The first kappa shape index (κ1) is 20.3. The monoisotopic (exact) mass is 453 g/mol. The number of alkyl halides is 3. The minimum atomic E-state index is -4.42. The lowest BCUT2D eigenvalue weighted by molar-refractivity contribution is -0.153. The standard InChI is InChI=1S/C19H22F3N7OS/c1-10-5-14(30-9-19(20,21)22)16-25-17(26-29(16)6-10)24-15-12-3-4-13(15)8-28(7-12)18-23-11(2)27-31-18/h5-6,12-13,15H,3-4,7-9H2,1-2H3,(H,24,26)/t12-,13+,15?. The number of nitrogens with one attached hydrogen (secondary N) is 1. The van der Waals surface area contributed by atoms with Crippen LogP contribution in [0.15, 0.2) is 12.3 Å². The van der Waals surface area contributed by atoms with E-state index < -0.39 is 12.8 Å². The second-order valence-electron chi connectivity index (χ2n) is 8.29. The lowest BCUT2D eigenvalue weighted by atomic mass is 9.92. The van der Waals surface area contributed by atoms with Crippen LogP contribution in [0, 0.1) is 25.7 Å². The molecule has 1 saturated carbocycles. The normalized spacial score (nSPS) is 23.5. The Hall–Kier alpha value is -2.63. The predicted molar refractivity (Wildman–Crippen MR) is 110 cm³/mol. The van der Waals surface area contributed by atoms with E-state index in [1.54, 1.807) is 19.2 Å². The van der Waals surface area contributed by atoms with Crippen molar-refractivity contribution in [1.82, 2.24) is 24.0 Å². The molecule has 2 bridgehead atoms. The Labute approximate surface area is 180 Å². The fourth-order valence-corrected chi connectivity index (χ4v) is 5.28. The number of hydrogen-bond acceptors (Lipinski definition) is 8. The van der Waals surface area contributed by atoms with Gasteiger partial charge < -0.3 is 15.0 Å². The minimum absolute atomic E-state index is 0.0716. The first-order valence-electron chi connectivity index (χ1n) is 10.1. The van der Waals surface area contributed by atoms with E-state index in [2.05, 4.69) is 29.7 Å². The molecule has 166 valence electrons. The number of hydrogen-bond donors (Lipinski definition) is 1. The number of halogens is 3. The zero-order valence-corrected chi connectivity index (χ0v) is 17.9. The minimum Gasteiger partial charge on any atom is -0.480 e. The summed E-state index contributed by atoms with van der Waals surface area (Å²) in [7, 11) is 0. The third kappa shape index (κ3) is 4.12. The third-order valence-corrected chi connectivity index (χ3v) is 6.71. The molecular formula is C19H22F3N7OS. The molecule has 0 amide bonds. The van der Waals surface area contributed by atoms with Crippen LogP contribution in [0.4, 0.5) is 24.3 Å². The molecule has 12 heteroatoms. The molecule has 5 rings (SSSR count). The maximum absolute atomic E-state index is 12.6. The van der Waals surface area contributed by atoms with Crippen LogP contribution in [0.2, 0.25) is 0 Å². The number of nitrogens with zero attached hydrogens (tertiary/aromatic N) is 6. The maximum atomic E-state index is 12.6. The van der Waals surface area contributed by atoms with E-state index in [1.165, 1.54) is 16.0 Å². The van der Waals surface area contributed by atoms with Gasteiger partial charge in [-0.1, -0.05) is 0 Å². The van der Waals surface area contributed by atoms with Gasteiger partial charge in [-0.05, 0) is 50.2 Å². The van der Waals surface area contributed by atoms with Crippen molar-refractivity contribution < 1.29 is 17.9 Å². The van der Waals surface area contributed by atoms with Crippen molar-refractivity contribution in [2.45, 2.75) is 38.9 Å². The number of anilines is 2. The van der Waals surface area contributed by atoms with Crippen molar-refractivity contribution in [2.24, 2.45) is 11.8 Å². The number of fused-ring (bicyclic) bond motifs is 3. The summed E-state index contributed by atoms with van der Waals surface area (Å²) in [5.74, 6) is 2.10. The van der Waals surface area contributed by atoms with Crippen LogP contribution in [-0.2, 0) is 0 Å². The third-order valence-electron chi connectivity index (χ3n) is 5.84. The van der Waals surface area contributed by atoms with E-state index in [1.807, 2.05) is 6.92 Å². The Bertz CT molecular complexity index is 1080. The van der Waals surface area contributed by atoms with Gasteiger partial charge in [-0.15, -0.1) is 5.10 Å². The fourth-order valence-electron chi connectivity index (χ4n) is 4.59. The lowest BCUT2D eigenvalue weighted by Gasteiger charge is -2.37. The van der Waals surface area contributed by atoms with Crippen molar-refractivity contribution in [3.8, 4) is 5.75 Å². The molecule has 0 radical (unpaired) electrons. The summed E-state index contributed by atoms with van der Waals surface area (Å²) in [5.41, 5.74) is 1.01. The van der Waals surface area contributed by atoms with Gasteiger partial charge in [0.05, 0.1) is 0 Å². The lowest BCUT2D eigenvalue weighted by Crippen LogP contribution is -2.48. The summed E-state index contributed by atoms with van der Waals surface area (Å²) >= 11 is 1.43. The molecule has 0 spiro atoms. The van der Waals surface area contributed by atoms with E-state index in [4.69, 9.17) is 4.74 Å². The Morgan fingerprint density at radius 1 is 1.19 bits per heavy atom. The van der Waals surface area contributed by atoms with Crippen LogP contribution in [0.3, 0.4) is 0 Å². The topological polar surface area (TPSA) is 80.5 Å². The van der Waals surface area contributed by atoms with Crippen LogP contribution >= 0.6 is 11.5 Å². The molecule has 1 saturated heterocycles. The van der Waals surface area contributed by atoms with E-state index in [-0.39, 0.29) is 17.4 Å². The van der Waals surface area contributed by atoms with Crippen LogP contribution in [-0.4, -0.2) is 55.9 Å². The molecule has 3 aromatic rings. The molecule has 8 nitrogen and oxygen atoms in total. The van der Waals surface area contributed by atoms with Gasteiger partial charge in [0.2, 0.25) is 11.1 Å². The molecule has 1 N–H and O–H groups in total. The molecule has 1 aliphatic heterocycles. The second-order valence-corrected chi connectivity index (χ2v) is 9.02. The van der Waals surface area contributed by atoms with Crippen molar-refractivity contribution in [2.75, 3.05) is 29.9 Å². The van der Waals surface area contributed by atoms with Gasteiger partial charge in [-0.3, -0.25) is 0 Å². The number of ether oxygens (including phenoxy) is 1. The number of pyridine rings is 1. The molecule has 1 aliphatic carbocycles. The first-order chi connectivity index (χ1) is 14.7. The molecule has 4 heterocycles. The summed E-state index contributed by atoms with van der Waals surface area (Å²) < 4.78 is 48.6. The van der Waals surface area contributed by atoms with Gasteiger partial charge in [0, 0.05) is 36.9 Å². The Kier molecular flexibility index (Phi) is 4.91. The highest BCUT2D eigenvalue weighted by molar-refractivity contribution is 7.09. The van der Waals surface area contributed by atoms with E-state index in [0.29, 0.717) is 17.8 Å². The van der Waals surface area contributed by atoms with Crippen molar-refractivity contribution in [3.05, 3.63) is 23.7 Å². The van der Waals surface area contributed by atoms with Crippen LogP contribution in [0.1, 0.15) is 24.2 Å². The first-order valence-corrected chi connectivity index (χ1v) is 10.9. The highest BCUT2D eigenvalue weighted by atomic mass is 32.1. The average Bonchev–Trinajstić information content (AvgIpc) is 3.35. The van der Waals surface area contributed by atoms with Gasteiger partial charge in [0.25, 0.3) is 0 Å². The van der Waals surface area contributed by atoms with Gasteiger partial charge in [0.15, 0.2) is 18.0 Å². The number of piperidine rings is 1. The zero-order valence-electron chi connectivity index (χ0n) is 17.1. The van der Waals surface area contributed by atoms with Crippen LogP contribution in [0.25, 0.3) is 5.65 Å². The molecule has 1 unspecified atom stereocenters. The smallest absolute Gasteiger partial charge is 0.422 e. The van der Waals surface area contributed by atoms with Crippen molar-refractivity contribution in [1.29, 1.82) is 0 Å². The summed E-state index contributed by atoms with van der Waals surface area (Å²) in [6.07, 6.45) is -0.491. The zero-order chi connectivity index (χ0) is 21.8. The highest BCUT2D eigenvalue weighted by Gasteiger charge is 2.43. The number of aromatic nitrogens is 5. The summed E-state index contributed by atoms with van der Waals surface area (Å²) in [6.45, 7) is 4.08. The van der Waals surface area contributed by atoms with Crippen LogP contribution in [0.5, 0.6) is 5.75 Å². The highest BCUT2D eigenvalue weighted by Crippen LogP contribution is 2.40. The number of aryl methyl sites for hydroxylation is 2. The molecular weight excluding hydrogens is 431 g/mol. The molecule has 3 atom stereocenters.